The summed E-state index contributed by atoms with van der Waals surface area (Å²) >= 11 is 17.4. The molecule has 0 bridgehead atoms. The number of phenolic OH excluding ortho intramolecular Hbond substituents is 1. The summed E-state index contributed by atoms with van der Waals surface area (Å²) in [6, 6.07) is 1.26. The molecule has 4 nitrogen and oxygen atoms in total. The van der Waals surface area contributed by atoms with E-state index in [1.165, 1.54) is 6.07 Å². The molecule has 1 aromatic rings. The van der Waals surface area contributed by atoms with Crippen LogP contribution in [-0.4, -0.2) is 29.3 Å². The Labute approximate surface area is 126 Å². The van der Waals surface area contributed by atoms with Gasteiger partial charge in [0.25, 0.3) is 5.91 Å². The van der Waals surface area contributed by atoms with Gasteiger partial charge in [-0.3, -0.25) is 4.79 Å². The minimum Gasteiger partial charge on any atom is -0.505 e. The molecule has 0 aromatic heterocycles. The predicted molar refractivity (Wildman–Crippen MR) is 76.3 cm³/mol. The first-order valence-electron chi connectivity index (χ1n) is 5.45. The maximum Gasteiger partial charge on any atom is 0.256 e. The van der Waals surface area contributed by atoms with Crippen molar-refractivity contribution in [2.24, 2.45) is 5.41 Å². The van der Waals surface area contributed by atoms with Gasteiger partial charge in [-0.25, -0.2) is 0 Å². The molecule has 19 heavy (non-hydrogen) atoms. The number of nitrogens with one attached hydrogen (secondary N) is 1. The average molecular weight is 327 g/mol. The average Bonchev–Trinajstić information content (AvgIpc) is 2.34. The zero-order valence-electron chi connectivity index (χ0n) is 10.4. The van der Waals surface area contributed by atoms with Crippen LogP contribution in [0.25, 0.3) is 0 Å². The van der Waals surface area contributed by atoms with Gasteiger partial charge < -0.3 is 15.5 Å². The molecule has 0 radical (unpaired) electrons. The van der Waals surface area contributed by atoms with E-state index >= 15 is 0 Å². The van der Waals surface area contributed by atoms with Crippen molar-refractivity contribution in [1.82, 2.24) is 5.32 Å². The van der Waals surface area contributed by atoms with Gasteiger partial charge in [0.15, 0.2) is 0 Å². The van der Waals surface area contributed by atoms with Crippen LogP contribution in [0.3, 0.4) is 0 Å². The number of amides is 1. The molecule has 0 unspecified atom stereocenters. The van der Waals surface area contributed by atoms with Gasteiger partial charge in [0.1, 0.15) is 11.3 Å². The molecule has 106 valence electrons. The molecular weight excluding hydrogens is 312 g/mol. The molecule has 0 saturated carbocycles. The van der Waals surface area contributed by atoms with Gasteiger partial charge in [0, 0.05) is 18.6 Å². The van der Waals surface area contributed by atoms with Crippen molar-refractivity contribution in [3.05, 3.63) is 26.7 Å². The van der Waals surface area contributed by atoms with Crippen molar-refractivity contribution in [2.45, 2.75) is 13.8 Å². The number of benzene rings is 1. The van der Waals surface area contributed by atoms with E-state index in [4.69, 9.17) is 39.9 Å². The van der Waals surface area contributed by atoms with E-state index in [1.54, 1.807) is 13.8 Å². The van der Waals surface area contributed by atoms with E-state index in [0.717, 1.165) is 0 Å². The van der Waals surface area contributed by atoms with E-state index in [-0.39, 0.29) is 33.8 Å². The minimum absolute atomic E-state index is 0.0547. The first kappa shape index (κ1) is 16.4. The molecule has 0 aliphatic rings. The molecule has 3 N–H and O–H groups in total. The summed E-state index contributed by atoms with van der Waals surface area (Å²) in [6.07, 6.45) is 0. The van der Waals surface area contributed by atoms with E-state index in [2.05, 4.69) is 5.32 Å². The summed E-state index contributed by atoms with van der Waals surface area (Å²) in [5.74, 6) is -1.02. The third-order valence-electron chi connectivity index (χ3n) is 2.53. The number of rotatable bonds is 4. The minimum atomic E-state index is -0.603. The predicted octanol–water partition coefficient (Wildman–Crippen LogP) is 3.10. The van der Waals surface area contributed by atoms with Crippen LogP contribution in [-0.2, 0) is 0 Å². The molecule has 7 heteroatoms. The monoisotopic (exact) mass is 325 g/mol. The lowest BCUT2D eigenvalue weighted by Crippen LogP contribution is -2.36. The Kier molecular flexibility index (Phi) is 5.33. The molecule has 0 fully saturated rings. The van der Waals surface area contributed by atoms with Crippen molar-refractivity contribution in [1.29, 1.82) is 0 Å². The Morgan fingerprint density at radius 3 is 2.42 bits per heavy atom. The Morgan fingerprint density at radius 2 is 1.89 bits per heavy atom. The second kappa shape index (κ2) is 6.18. The lowest BCUT2D eigenvalue weighted by molar-refractivity contribution is 0.0908. The number of aliphatic hydroxyl groups excluding tert-OH is 1. The molecule has 0 atom stereocenters. The Hall–Kier alpha value is -0.680. The SMILES string of the molecule is CC(C)(CO)CNC(=O)c1c(O)c(Cl)cc(Cl)c1Cl. The van der Waals surface area contributed by atoms with Gasteiger partial charge in [-0.2, -0.15) is 0 Å². The zero-order chi connectivity index (χ0) is 14.8. The van der Waals surface area contributed by atoms with Crippen molar-refractivity contribution in [2.75, 3.05) is 13.2 Å². The fourth-order valence-corrected chi connectivity index (χ4v) is 1.95. The summed E-state index contributed by atoms with van der Waals surface area (Å²) < 4.78 is 0. The lowest BCUT2D eigenvalue weighted by atomic mass is 9.95. The second-order valence-electron chi connectivity index (χ2n) is 4.88. The zero-order valence-corrected chi connectivity index (χ0v) is 12.7. The number of carbonyl (C=O) groups excluding carboxylic acids is 1. The smallest absolute Gasteiger partial charge is 0.256 e. The third-order valence-corrected chi connectivity index (χ3v) is 3.60. The molecule has 0 heterocycles. The number of halogens is 3. The van der Waals surface area contributed by atoms with Crippen molar-refractivity contribution in [3.63, 3.8) is 0 Å². The number of hydrogen-bond acceptors (Lipinski definition) is 3. The van der Waals surface area contributed by atoms with Gasteiger partial charge in [-0.05, 0) is 6.07 Å². The molecule has 0 aliphatic carbocycles. The van der Waals surface area contributed by atoms with Crippen LogP contribution >= 0.6 is 34.8 Å². The Balaban J connectivity index is 3.01. The topological polar surface area (TPSA) is 69.6 Å². The van der Waals surface area contributed by atoms with E-state index < -0.39 is 17.1 Å². The van der Waals surface area contributed by atoms with E-state index in [9.17, 15) is 9.90 Å². The summed E-state index contributed by atoms with van der Waals surface area (Å²) in [5.41, 5.74) is -0.659. The number of hydrogen-bond donors (Lipinski definition) is 3. The summed E-state index contributed by atoms with van der Waals surface area (Å²) in [4.78, 5) is 12.0. The third kappa shape index (κ3) is 3.89. The summed E-state index contributed by atoms with van der Waals surface area (Å²) in [5, 5.41) is 21.4. The number of aromatic hydroxyl groups is 1. The quantitative estimate of drug-likeness (QED) is 0.745. The maximum atomic E-state index is 12.0. The fourth-order valence-electron chi connectivity index (χ4n) is 1.26. The van der Waals surface area contributed by atoms with Gasteiger partial charge in [-0.1, -0.05) is 48.7 Å². The summed E-state index contributed by atoms with van der Waals surface area (Å²) in [6.45, 7) is 3.67. The molecule has 1 aromatic carbocycles. The first-order valence-corrected chi connectivity index (χ1v) is 6.58. The number of aliphatic hydroxyl groups is 1. The van der Waals surface area contributed by atoms with Crippen LogP contribution in [0.4, 0.5) is 0 Å². The molecule has 0 aliphatic heterocycles. The van der Waals surface area contributed by atoms with Gasteiger partial charge >= 0.3 is 0 Å². The van der Waals surface area contributed by atoms with Crippen molar-refractivity contribution < 1.29 is 15.0 Å². The van der Waals surface area contributed by atoms with E-state index in [0.29, 0.717) is 0 Å². The van der Waals surface area contributed by atoms with Gasteiger partial charge in [-0.15, -0.1) is 0 Å². The molecule has 1 amide bonds. The van der Waals surface area contributed by atoms with Crippen LogP contribution in [0.1, 0.15) is 24.2 Å². The van der Waals surface area contributed by atoms with Crippen molar-refractivity contribution in [3.8, 4) is 5.75 Å². The van der Waals surface area contributed by atoms with Crippen LogP contribution in [0.2, 0.25) is 15.1 Å². The fraction of sp³-hybridized carbons (Fsp3) is 0.417. The molecule has 0 saturated heterocycles. The normalized spacial score (nSPS) is 11.5. The van der Waals surface area contributed by atoms with Gasteiger partial charge in [0.2, 0.25) is 0 Å². The Bertz CT molecular complexity index is 477. The van der Waals surface area contributed by atoms with Crippen LogP contribution < -0.4 is 5.32 Å². The first-order chi connectivity index (χ1) is 8.69. The summed E-state index contributed by atoms with van der Waals surface area (Å²) in [7, 11) is 0. The number of phenols is 1. The highest BCUT2D eigenvalue weighted by Gasteiger charge is 2.23. The highest BCUT2D eigenvalue weighted by molar-refractivity contribution is 6.45. The second-order valence-corrected chi connectivity index (χ2v) is 6.08. The van der Waals surface area contributed by atoms with E-state index in [1.807, 2.05) is 0 Å². The standard InChI is InChI=1S/C12H14Cl3NO3/c1-12(2,5-17)4-16-11(19)8-9(15)6(13)3-7(14)10(8)18/h3,17-18H,4-5H2,1-2H3,(H,16,19). The largest absolute Gasteiger partial charge is 0.505 e. The highest BCUT2D eigenvalue weighted by atomic mass is 35.5. The van der Waals surface area contributed by atoms with Crippen LogP contribution in [0.15, 0.2) is 6.07 Å². The van der Waals surface area contributed by atoms with Crippen molar-refractivity contribution >= 4 is 40.7 Å². The van der Waals surface area contributed by atoms with Gasteiger partial charge in [0.05, 0.1) is 15.1 Å². The lowest BCUT2D eigenvalue weighted by Gasteiger charge is -2.22. The highest BCUT2D eigenvalue weighted by Crippen LogP contribution is 2.38. The van der Waals surface area contributed by atoms with Crippen LogP contribution in [0.5, 0.6) is 5.75 Å². The Morgan fingerprint density at radius 1 is 1.32 bits per heavy atom. The van der Waals surface area contributed by atoms with Crippen LogP contribution in [0, 0.1) is 5.41 Å². The number of carbonyl (C=O) groups is 1. The molecule has 0 spiro atoms. The molecular formula is C12H14Cl3NO3. The maximum absolute atomic E-state index is 12.0. The molecule has 1 rings (SSSR count).